The van der Waals surface area contributed by atoms with Crippen molar-refractivity contribution in [3.05, 3.63) is 48.7 Å². The van der Waals surface area contributed by atoms with Gasteiger partial charge in [-0.1, -0.05) is 18.2 Å². The van der Waals surface area contributed by atoms with Gasteiger partial charge in [0.25, 0.3) is 0 Å². The third-order valence-corrected chi connectivity index (χ3v) is 3.77. The molecule has 0 atom stereocenters. The zero-order valence-electron chi connectivity index (χ0n) is 11.3. The molecule has 1 aromatic heterocycles. The van der Waals surface area contributed by atoms with Crippen molar-refractivity contribution in [2.24, 2.45) is 0 Å². The highest BCUT2D eigenvalue weighted by Crippen LogP contribution is 2.20. The van der Waals surface area contributed by atoms with Crippen LogP contribution in [0.15, 0.2) is 53.6 Å². The summed E-state index contributed by atoms with van der Waals surface area (Å²) in [4.78, 5) is 19.0. The summed E-state index contributed by atoms with van der Waals surface area (Å²) in [5, 5.41) is 0. The summed E-state index contributed by atoms with van der Waals surface area (Å²) in [7, 11) is 0. The van der Waals surface area contributed by atoms with E-state index in [-0.39, 0.29) is 5.91 Å². The van der Waals surface area contributed by atoms with Crippen molar-refractivity contribution in [2.45, 2.75) is 11.8 Å². The summed E-state index contributed by atoms with van der Waals surface area (Å²) in [6.45, 7) is 2.63. The minimum atomic E-state index is 0.0838. The normalized spacial score (nSPS) is 10.2. The molecular formula is C15H17N3OS. The second-order valence-corrected chi connectivity index (χ2v) is 5.23. The van der Waals surface area contributed by atoms with E-state index in [9.17, 15) is 4.79 Å². The number of amides is 1. The highest BCUT2D eigenvalue weighted by atomic mass is 32.2. The molecule has 0 radical (unpaired) electrons. The number of anilines is 2. The maximum atomic E-state index is 12.3. The van der Waals surface area contributed by atoms with Crippen molar-refractivity contribution in [3.63, 3.8) is 0 Å². The summed E-state index contributed by atoms with van der Waals surface area (Å²) < 4.78 is 0. The van der Waals surface area contributed by atoms with Crippen LogP contribution in [-0.4, -0.2) is 23.2 Å². The number of nitrogen functional groups attached to an aromatic ring is 1. The second-order valence-electron chi connectivity index (χ2n) is 4.18. The van der Waals surface area contributed by atoms with Gasteiger partial charge in [0.1, 0.15) is 5.82 Å². The van der Waals surface area contributed by atoms with Crippen molar-refractivity contribution in [3.8, 4) is 0 Å². The van der Waals surface area contributed by atoms with E-state index in [0.29, 0.717) is 18.1 Å². The molecule has 2 N–H and O–H groups in total. The zero-order chi connectivity index (χ0) is 14.4. The number of pyridine rings is 1. The van der Waals surface area contributed by atoms with Gasteiger partial charge in [-0.25, -0.2) is 4.98 Å². The standard InChI is InChI=1S/C15H17N3OS/c1-2-18(12-6-4-3-5-7-12)15(19)11-20-13-8-9-14(16)17-10-13/h3-10H,2,11H2,1H3,(H2,16,17). The number of carbonyl (C=O) groups is 1. The van der Waals surface area contributed by atoms with Crippen LogP contribution in [0, 0.1) is 0 Å². The first kappa shape index (κ1) is 14.4. The highest BCUT2D eigenvalue weighted by molar-refractivity contribution is 8.00. The van der Waals surface area contributed by atoms with Gasteiger partial charge >= 0.3 is 0 Å². The Bertz CT molecular complexity index is 557. The Hall–Kier alpha value is -2.01. The zero-order valence-corrected chi connectivity index (χ0v) is 12.1. The fourth-order valence-corrected chi connectivity index (χ4v) is 2.55. The third kappa shape index (κ3) is 3.74. The molecule has 0 unspecified atom stereocenters. The molecule has 1 heterocycles. The summed E-state index contributed by atoms with van der Waals surface area (Å²) in [6.07, 6.45) is 1.69. The van der Waals surface area contributed by atoms with Gasteiger partial charge in [0, 0.05) is 23.3 Å². The lowest BCUT2D eigenvalue weighted by Crippen LogP contribution is -2.32. The van der Waals surface area contributed by atoms with Crippen molar-refractivity contribution >= 4 is 29.2 Å². The van der Waals surface area contributed by atoms with Gasteiger partial charge in [0.2, 0.25) is 5.91 Å². The van der Waals surface area contributed by atoms with Crippen LogP contribution in [-0.2, 0) is 4.79 Å². The van der Waals surface area contributed by atoms with E-state index in [2.05, 4.69) is 4.98 Å². The first-order valence-corrected chi connectivity index (χ1v) is 7.39. The molecule has 20 heavy (non-hydrogen) atoms. The second kappa shape index (κ2) is 6.96. The van der Waals surface area contributed by atoms with E-state index >= 15 is 0 Å². The molecule has 0 aliphatic heterocycles. The minimum absolute atomic E-state index is 0.0838. The Morgan fingerprint density at radius 3 is 2.60 bits per heavy atom. The molecule has 0 aliphatic carbocycles. The maximum absolute atomic E-state index is 12.3. The monoisotopic (exact) mass is 287 g/mol. The maximum Gasteiger partial charge on any atom is 0.237 e. The van der Waals surface area contributed by atoms with Crippen LogP contribution >= 0.6 is 11.8 Å². The molecule has 0 saturated heterocycles. The largest absolute Gasteiger partial charge is 0.384 e. The molecular weight excluding hydrogens is 270 g/mol. The molecule has 0 spiro atoms. The van der Waals surface area contributed by atoms with Crippen molar-refractivity contribution in [1.82, 2.24) is 4.98 Å². The number of benzene rings is 1. The van der Waals surface area contributed by atoms with Crippen molar-refractivity contribution in [1.29, 1.82) is 0 Å². The van der Waals surface area contributed by atoms with Gasteiger partial charge < -0.3 is 10.6 Å². The number of para-hydroxylation sites is 1. The average Bonchev–Trinajstić information content (AvgIpc) is 2.48. The Morgan fingerprint density at radius 1 is 1.25 bits per heavy atom. The van der Waals surface area contributed by atoms with Gasteiger partial charge in [-0.15, -0.1) is 11.8 Å². The number of thioether (sulfide) groups is 1. The summed E-state index contributed by atoms with van der Waals surface area (Å²) >= 11 is 1.47. The predicted octanol–water partition coefficient (Wildman–Crippen LogP) is 2.81. The van der Waals surface area contributed by atoms with Gasteiger partial charge in [0.15, 0.2) is 0 Å². The van der Waals surface area contributed by atoms with E-state index in [1.165, 1.54) is 11.8 Å². The van der Waals surface area contributed by atoms with E-state index in [1.807, 2.05) is 43.3 Å². The van der Waals surface area contributed by atoms with Crippen LogP contribution in [0.4, 0.5) is 11.5 Å². The molecule has 0 fully saturated rings. The Morgan fingerprint density at radius 2 is 2.00 bits per heavy atom. The van der Waals surface area contributed by atoms with E-state index in [0.717, 1.165) is 10.6 Å². The lowest BCUT2D eigenvalue weighted by atomic mass is 10.3. The van der Waals surface area contributed by atoms with Crippen molar-refractivity contribution in [2.75, 3.05) is 22.9 Å². The molecule has 0 bridgehead atoms. The van der Waals surface area contributed by atoms with E-state index in [1.54, 1.807) is 17.2 Å². The minimum Gasteiger partial charge on any atom is -0.384 e. The van der Waals surface area contributed by atoms with Crippen LogP contribution in [0.2, 0.25) is 0 Å². The SMILES string of the molecule is CCN(C(=O)CSc1ccc(N)nc1)c1ccccc1. The molecule has 2 aromatic rings. The smallest absolute Gasteiger partial charge is 0.237 e. The van der Waals surface area contributed by atoms with E-state index < -0.39 is 0 Å². The van der Waals surface area contributed by atoms with Crippen LogP contribution in [0.25, 0.3) is 0 Å². The number of hydrogen-bond donors (Lipinski definition) is 1. The molecule has 1 amide bonds. The fourth-order valence-electron chi connectivity index (χ4n) is 1.81. The number of aromatic nitrogens is 1. The molecule has 104 valence electrons. The Balaban J connectivity index is 1.98. The number of nitrogens with zero attached hydrogens (tertiary/aromatic N) is 2. The molecule has 5 heteroatoms. The topological polar surface area (TPSA) is 59.2 Å². The molecule has 0 saturated carbocycles. The van der Waals surface area contributed by atoms with Crippen molar-refractivity contribution < 1.29 is 4.79 Å². The number of nitrogens with two attached hydrogens (primary N) is 1. The summed E-state index contributed by atoms with van der Waals surface area (Å²) in [5.41, 5.74) is 6.46. The van der Waals surface area contributed by atoms with Crippen LogP contribution < -0.4 is 10.6 Å². The van der Waals surface area contributed by atoms with Crippen LogP contribution in [0.3, 0.4) is 0 Å². The van der Waals surface area contributed by atoms with Crippen LogP contribution in [0.1, 0.15) is 6.92 Å². The number of rotatable bonds is 5. The highest BCUT2D eigenvalue weighted by Gasteiger charge is 2.13. The predicted molar refractivity (Wildman–Crippen MR) is 83.8 cm³/mol. The van der Waals surface area contributed by atoms with Gasteiger partial charge in [-0.3, -0.25) is 4.79 Å². The average molecular weight is 287 g/mol. The Kier molecular flexibility index (Phi) is 5.01. The first-order chi connectivity index (χ1) is 9.70. The van der Waals surface area contributed by atoms with Crippen LogP contribution in [0.5, 0.6) is 0 Å². The quantitative estimate of drug-likeness (QED) is 0.859. The lowest BCUT2D eigenvalue weighted by molar-refractivity contribution is -0.116. The number of hydrogen-bond acceptors (Lipinski definition) is 4. The Labute approximate surface area is 123 Å². The summed E-state index contributed by atoms with van der Waals surface area (Å²) in [6, 6.07) is 13.3. The molecule has 0 aliphatic rings. The number of carbonyl (C=O) groups excluding carboxylic acids is 1. The lowest BCUT2D eigenvalue weighted by Gasteiger charge is -2.20. The van der Waals surface area contributed by atoms with Gasteiger partial charge in [-0.2, -0.15) is 0 Å². The molecule has 2 rings (SSSR count). The fraction of sp³-hybridized carbons (Fsp3) is 0.200. The van der Waals surface area contributed by atoms with Gasteiger partial charge in [-0.05, 0) is 31.2 Å². The van der Waals surface area contributed by atoms with E-state index in [4.69, 9.17) is 5.73 Å². The molecule has 4 nitrogen and oxygen atoms in total. The van der Waals surface area contributed by atoms with Gasteiger partial charge in [0.05, 0.1) is 5.75 Å². The first-order valence-electron chi connectivity index (χ1n) is 6.40. The summed E-state index contributed by atoms with van der Waals surface area (Å²) in [5.74, 6) is 0.953. The molecule has 1 aromatic carbocycles. The third-order valence-electron chi connectivity index (χ3n) is 2.81.